The normalized spacial score (nSPS) is 22.9. The maximum Gasteiger partial charge on any atom is 0.337 e. The van der Waals surface area contributed by atoms with Crippen LogP contribution in [-0.2, 0) is 20.9 Å². The number of benzene rings is 1. The van der Waals surface area contributed by atoms with E-state index in [4.69, 9.17) is 14.2 Å². The number of esters is 1. The second kappa shape index (κ2) is 5.37. The minimum Gasteiger partial charge on any atom is -0.497 e. The largest absolute Gasteiger partial charge is 0.497 e. The predicted molar refractivity (Wildman–Crippen MR) is 78.3 cm³/mol. The molecule has 2 atom stereocenters. The molecular formula is C17H18O4. The van der Waals surface area contributed by atoms with Crippen molar-refractivity contribution < 1.29 is 19.0 Å². The van der Waals surface area contributed by atoms with Crippen LogP contribution in [0.15, 0.2) is 35.9 Å². The molecule has 0 N–H and O–H groups in total. The topological polar surface area (TPSA) is 44.8 Å². The molecule has 110 valence electrons. The Morgan fingerprint density at radius 3 is 2.86 bits per heavy atom. The van der Waals surface area contributed by atoms with Gasteiger partial charge >= 0.3 is 5.97 Å². The Morgan fingerprint density at radius 2 is 2.14 bits per heavy atom. The standard InChI is InChI=1S/C17H18O4/c1-10-6-13(19-2)7-12-9-21-15-5-4-11(17(18)20-3)8-14(15)16(10)12/h4-8,14-15H,9H2,1-3H3. The van der Waals surface area contributed by atoms with Crippen molar-refractivity contribution in [2.24, 2.45) is 0 Å². The molecule has 1 heterocycles. The molecule has 0 aromatic heterocycles. The van der Waals surface area contributed by atoms with Gasteiger partial charge in [0.05, 0.1) is 32.5 Å². The molecule has 0 fully saturated rings. The number of rotatable bonds is 2. The summed E-state index contributed by atoms with van der Waals surface area (Å²) in [4.78, 5) is 11.7. The molecule has 1 aliphatic heterocycles. The first-order valence-corrected chi connectivity index (χ1v) is 6.91. The lowest BCUT2D eigenvalue weighted by atomic mass is 9.81. The Labute approximate surface area is 124 Å². The first kappa shape index (κ1) is 13.9. The molecule has 0 saturated heterocycles. The number of fused-ring (bicyclic) bond motifs is 3. The van der Waals surface area contributed by atoms with Crippen LogP contribution in [0.2, 0.25) is 0 Å². The fourth-order valence-corrected chi connectivity index (χ4v) is 3.06. The van der Waals surface area contributed by atoms with Gasteiger partial charge in [0.2, 0.25) is 0 Å². The molecular weight excluding hydrogens is 268 g/mol. The summed E-state index contributed by atoms with van der Waals surface area (Å²) >= 11 is 0. The fourth-order valence-electron chi connectivity index (χ4n) is 3.06. The third kappa shape index (κ3) is 2.36. The van der Waals surface area contributed by atoms with Gasteiger partial charge in [-0.25, -0.2) is 4.79 Å². The molecule has 1 aliphatic carbocycles. The smallest absolute Gasteiger partial charge is 0.337 e. The van der Waals surface area contributed by atoms with Gasteiger partial charge in [-0.2, -0.15) is 0 Å². The number of carbonyl (C=O) groups is 1. The molecule has 0 amide bonds. The van der Waals surface area contributed by atoms with Crippen LogP contribution in [0.3, 0.4) is 0 Å². The summed E-state index contributed by atoms with van der Waals surface area (Å²) in [6, 6.07) is 4.02. The highest BCUT2D eigenvalue weighted by molar-refractivity contribution is 5.92. The Bertz CT molecular complexity index is 642. The fraction of sp³-hybridized carbons (Fsp3) is 0.353. The average molecular weight is 286 g/mol. The Hall–Kier alpha value is -2.07. The van der Waals surface area contributed by atoms with Gasteiger partial charge in [-0.05, 0) is 41.8 Å². The summed E-state index contributed by atoms with van der Waals surface area (Å²) < 4.78 is 16.0. The van der Waals surface area contributed by atoms with Crippen molar-refractivity contribution in [1.29, 1.82) is 0 Å². The van der Waals surface area contributed by atoms with Crippen LogP contribution in [0.25, 0.3) is 0 Å². The highest BCUT2D eigenvalue weighted by Crippen LogP contribution is 2.40. The number of methoxy groups -OCH3 is 2. The molecule has 4 nitrogen and oxygen atoms in total. The third-order valence-electron chi connectivity index (χ3n) is 4.05. The molecule has 0 bridgehead atoms. The average Bonchev–Trinajstić information content (AvgIpc) is 2.52. The van der Waals surface area contributed by atoms with Gasteiger partial charge < -0.3 is 14.2 Å². The quantitative estimate of drug-likeness (QED) is 0.784. The van der Waals surface area contributed by atoms with Crippen LogP contribution in [0.5, 0.6) is 5.75 Å². The van der Waals surface area contributed by atoms with E-state index in [-0.39, 0.29) is 18.0 Å². The van der Waals surface area contributed by atoms with E-state index in [1.807, 2.05) is 24.3 Å². The van der Waals surface area contributed by atoms with Crippen molar-refractivity contribution in [2.75, 3.05) is 14.2 Å². The highest BCUT2D eigenvalue weighted by atomic mass is 16.5. The summed E-state index contributed by atoms with van der Waals surface area (Å²) in [6.07, 6.45) is 5.62. The maximum atomic E-state index is 11.7. The monoisotopic (exact) mass is 286 g/mol. The summed E-state index contributed by atoms with van der Waals surface area (Å²) in [5, 5.41) is 0. The number of hydrogen-bond donors (Lipinski definition) is 0. The molecule has 1 aromatic rings. The van der Waals surface area contributed by atoms with Crippen LogP contribution >= 0.6 is 0 Å². The second-order valence-electron chi connectivity index (χ2n) is 5.29. The zero-order valence-corrected chi connectivity index (χ0v) is 12.4. The first-order valence-electron chi connectivity index (χ1n) is 6.91. The molecule has 4 heteroatoms. The molecule has 1 aromatic carbocycles. The molecule has 3 rings (SSSR count). The van der Waals surface area contributed by atoms with E-state index in [9.17, 15) is 4.79 Å². The molecule has 21 heavy (non-hydrogen) atoms. The molecule has 0 radical (unpaired) electrons. The van der Waals surface area contributed by atoms with E-state index in [0.717, 1.165) is 16.9 Å². The van der Waals surface area contributed by atoms with E-state index in [1.165, 1.54) is 12.7 Å². The summed E-state index contributed by atoms with van der Waals surface area (Å²) in [7, 11) is 3.05. The van der Waals surface area contributed by atoms with Crippen molar-refractivity contribution in [1.82, 2.24) is 0 Å². The Kier molecular flexibility index (Phi) is 3.55. The van der Waals surface area contributed by atoms with Crippen molar-refractivity contribution in [2.45, 2.75) is 25.6 Å². The predicted octanol–water partition coefficient (Wildman–Crippen LogP) is 2.66. The van der Waals surface area contributed by atoms with E-state index in [0.29, 0.717) is 12.2 Å². The minimum atomic E-state index is -0.317. The Morgan fingerprint density at radius 1 is 1.33 bits per heavy atom. The van der Waals surface area contributed by atoms with Gasteiger partial charge in [-0.15, -0.1) is 0 Å². The molecule has 0 spiro atoms. The van der Waals surface area contributed by atoms with Crippen molar-refractivity contribution in [3.05, 3.63) is 52.6 Å². The van der Waals surface area contributed by atoms with Crippen molar-refractivity contribution in [3.63, 3.8) is 0 Å². The molecule has 0 saturated carbocycles. The minimum absolute atomic E-state index is 0.0296. The first-order chi connectivity index (χ1) is 10.1. The Balaban J connectivity index is 2.06. The zero-order chi connectivity index (χ0) is 15.0. The number of hydrogen-bond acceptors (Lipinski definition) is 4. The highest BCUT2D eigenvalue weighted by Gasteiger charge is 2.32. The number of carbonyl (C=O) groups excluding carboxylic acids is 1. The van der Waals surface area contributed by atoms with Gasteiger partial charge in [0.1, 0.15) is 5.75 Å². The summed E-state index contributed by atoms with van der Waals surface area (Å²) in [5.74, 6) is 0.554. The number of ether oxygens (including phenoxy) is 3. The zero-order valence-electron chi connectivity index (χ0n) is 12.4. The van der Waals surface area contributed by atoms with E-state index in [2.05, 4.69) is 6.92 Å². The van der Waals surface area contributed by atoms with Crippen molar-refractivity contribution in [3.8, 4) is 5.75 Å². The van der Waals surface area contributed by atoms with Gasteiger partial charge in [-0.1, -0.05) is 12.2 Å². The van der Waals surface area contributed by atoms with Gasteiger partial charge in [-0.3, -0.25) is 0 Å². The lowest BCUT2D eigenvalue weighted by molar-refractivity contribution is -0.135. The van der Waals surface area contributed by atoms with Gasteiger partial charge in [0.25, 0.3) is 0 Å². The molecule has 2 unspecified atom stereocenters. The van der Waals surface area contributed by atoms with Crippen LogP contribution < -0.4 is 4.74 Å². The SMILES string of the molecule is COC(=O)C1=CC2c3c(C)cc(OC)cc3COC2C=C1. The van der Waals surface area contributed by atoms with Crippen LogP contribution in [-0.4, -0.2) is 26.3 Å². The van der Waals surface area contributed by atoms with Gasteiger partial charge in [0.15, 0.2) is 0 Å². The van der Waals surface area contributed by atoms with E-state index >= 15 is 0 Å². The van der Waals surface area contributed by atoms with Crippen LogP contribution in [0.4, 0.5) is 0 Å². The van der Waals surface area contributed by atoms with Crippen LogP contribution in [0.1, 0.15) is 22.6 Å². The summed E-state index contributed by atoms with van der Waals surface area (Å²) in [6.45, 7) is 2.62. The van der Waals surface area contributed by atoms with Crippen LogP contribution in [0, 0.1) is 6.92 Å². The second-order valence-corrected chi connectivity index (χ2v) is 5.29. The van der Waals surface area contributed by atoms with E-state index < -0.39 is 0 Å². The number of aryl methyl sites for hydroxylation is 1. The van der Waals surface area contributed by atoms with E-state index in [1.54, 1.807) is 13.2 Å². The van der Waals surface area contributed by atoms with Gasteiger partial charge in [0, 0.05) is 5.92 Å². The lowest BCUT2D eigenvalue weighted by Crippen LogP contribution is -2.29. The summed E-state index contributed by atoms with van der Waals surface area (Å²) in [5.41, 5.74) is 4.06. The third-order valence-corrected chi connectivity index (χ3v) is 4.05. The molecule has 2 aliphatic rings. The maximum absolute atomic E-state index is 11.7. The lowest BCUT2D eigenvalue weighted by Gasteiger charge is -2.34. The van der Waals surface area contributed by atoms with Crippen molar-refractivity contribution >= 4 is 5.97 Å².